The Kier molecular flexibility index (Phi) is 5.06. The Morgan fingerprint density at radius 1 is 1.00 bits per heavy atom. The van der Waals surface area contributed by atoms with Gasteiger partial charge in [-0.25, -0.2) is 0 Å². The third-order valence-corrected chi connectivity index (χ3v) is 7.02. The first kappa shape index (κ1) is 17.8. The Labute approximate surface area is 170 Å². The van der Waals surface area contributed by atoms with Gasteiger partial charge in [0.2, 0.25) is 0 Å². The predicted molar refractivity (Wildman–Crippen MR) is 116 cm³/mol. The third-order valence-electron chi connectivity index (χ3n) is 6.16. The fourth-order valence-electron chi connectivity index (χ4n) is 4.86. The first-order valence-corrected chi connectivity index (χ1v) is 11.0. The molecule has 0 aliphatic carbocycles. The van der Waals surface area contributed by atoms with E-state index in [0.717, 1.165) is 6.54 Å². The monoisotopic (exact) mass is 387 g/mol. The van der Waals surface area contributed by atoms with E-state index in [4.69, 9.17) is 4.99 Å². The molecule has 1 aromatic carbocycles. The molecule has 5 heterocycles. The maximum atomic E-state index is 5.23. The molecule has 3 aliphatic rings. The van der Waals surface area contributed by atoms with Crippen molar-refractivity contribution in [2.24, 2.45) is 10.9 Å². The van der Waals surface area contributed by atoms with Crippen LogP contribution in [0.4, 0.5) is 0 Å². The molecule has 3 aromatic rings. The number of thiophene rings is 1. The number of rotatable bonds is 5. The lowest BCUT2D eigenvalue weighted by Crippen LogP contribution is -2.58. The molecule has 6 rings (SSSR count). The van der Waals surface area contributed by atoms with Gasteiger partial charge < -0.3 is 0 Å². The largest absolute Gasteiger partial charge is 0.294 e. The lowest BCUT2D eigenvalue weighted by molar-refractivity contribution is 0.135. The van der Waals surface area contributed by atoms with Gasteiger partial charge in [-0.3, -0.25) is 14.9 Å². The summed E-state index contributed by atoms with van der Waals surface area (Å²) in [5.41, 5.74) is 4.05. The van der Waals surface area contributed by atoms with Crippen LogP contribution in [0.5, 0.6) is 0 Å². The summed E-state index contributed by atoms with van der Waals surface area (Å²) in [6.45, 7) is 3.16. The molecule has 0 N–H and O–H groups in total. The van der Waals surface area contributed by atoms with Gasteiger partial charge in [0.1, 0.15) is 0 Å². The summed E-state index contributed by atoms with van der Waals surface area (Å²) >= 11 is 1.80. The topological polar surface area (TPSA) is 28.5 Å². The SMILES string of the molecule is c1ccc(C(c2cccnc2)C2C(=NCc3cccs3)C3CCN2CC3)cc1. The highest BCUT2D eigenvalue weighted by atomic mass is 32.1. The standard InChI is InChI=1S/C24H25N3S/c1-2-6-18(7-3-1)22(20-8-4-12-25-16-20)24-23(19-10-13-27(24)14-11-19)26-17-21-9-5-15-28-21/h1-9,12,15-16,19,22,24H,10-11,13-14,17H2. The van der Waals surface area contributed by atoms with E-state index in [1.807, 2.05) is 12.4 Å². The molecule has 3 saturated heterocycles. The second-order valence-electron chi connectivity index (χ2n) is 7.75. The number of pyridine rings is 1. The number of benzene rings is 1. The van der Waals surface area contributed by atoms with Crippen molar-refractivity contribution < 1.29 is 0 Å². The van der Waals surface area contributed by atoms with Crippen LogP contribution >= 0.6 is 11.3 Å². The van der Waals surface area contributed by atoms with Crippen molar-refractivity contribution in [2.75, 3.05) is 13.1 Å². The molecule has 4 heteroatoms. The summed E-state index contributed by atoms with van der Waals surface area (Å²) < 4.78 is 0. The quantitative estimate of drug-likeness (QED) is 0.616. The van der Waals surface area contributed by atoms with Crippen molar-refractivity contribution in [3.63, 3.8) is 0 Å². The van der Waals surface area contributed by atoms with Gasteiger partial charge in [-0.2, -0.15) is 0 Å². The van der Waals surface area contributed by atoms with E-state index >= 15 is 0 Å². The molecule has 0 spiro atoms. The number of hydrogen-bond donors (Lipinski definition) is 0. The highest BCUT2D eigenvalue weighted by Crippen LogP contribution is 2.40. The molecule has 0 saturated carbocycles. The lowest BCUT2D eigenvalue weighted by atomic mass is 9.72. The van der Waals surface area contributed by atoms with E-state index < -0.39 is 0 Å². The molecule has 142 valence electrons. The molecular formula is C24H25N3S. The Hall–Kier alpha value is -2.30. The van der Waals surface area contributed by atoms with Gasteiger partial charge in [0.05, 0.1) is 12.6 Å². The van der Waals surface area contributed by atoms with E-state index in [2.05, 4.69) is 69.9 Å². The maximum Gasteiger partial charge on any atom is 0.0732 e. The van der Waals surface area contributed by atoms with Crippen molar-refractivity contribution in [1.82, 2.24) is 9.88 Å². The van der Waals surface area contributed by atoms with Crippen molar-refractivity contribution >= 4 is 17.0 Å². The van der Waals surface area contributed by atoms with Gasteiger partial charge in [-0.15, -0.1) is 11.3 Å². The molecule has 0 amide bonds. The number of hydrogen-bond acceptors (Lipinski definition) is 4. The molecule has 3 nitrogen and oxygen atoms in total. The van der Waals surface area contributed by atoms with Crippen molar-refractivity contribution in [2.45, 2.75) is 31.3 Å². The van der Waals surface area contributed by atoms with Gasteiger partial charge >= 0.3 is 0 Å². The second-order valence-corrected chi connectivity index (χ2v) is 8.78. The van der Waals surface area contributed by atoms with Gasteiger partial charge in [0, 0.05) is 34.8 Å². The highest BCUT2D eigenvalue weighted by Gasteiger charge is 2.43. The average Bonchev–Trinajstić information content (AvgIpc) is 3.29. The zero-order chi connectivity index (χ0) is 18.8. The van der Waals surface area contributed by atoms with Crippen LogP contribution in [-0.2, 0) is 6.54 Å². The number of aromatic nitrogens is 1. The molecule has 2 unspecified atom stereocenters. The van der Waals surface area contributed by atoms with Gasteiger partial charge in [-0.05, 0) is 54.6 Å². The fraction of sp³-hybridized carbons (Fsp3) is 0.333. The summed E-state index contributed by atoms with van der Waals surface area (Å²) in [7, 11) is 0. The van der Waals surface area contributed by atoms with Crippen LogP contribution in [0.15, 0.2) is 77.4 Å². The van der Waals surface area contributed by atoms with Crippen LogP contribution in [0.1, 0.15) is 34.8 Å². The number of nitrogens with zero attached hydrogens (tertiary/aromatic N) is 3. The summed E-state index contributed by atoms with van der Waals surface area (Å²) in [4.78, 5) is 13.7. The average molecular weight is 388 g/mol. The van der Waals surface area contributed by atoms with Crippen molar-refractivity contribution in [3.8, 4) is 0 Å². The first-order valence-electron chi connectivity index (χ1n) is 10.2. The van der Waals surface area contributed by atoms with Crippen LogP contribution in [0.3, 0.4) is 0 Å². The van der Waals surface area contributed by atoms with Gasteiger partial charge in [0.25, 0.3) is 0 Å². The Morgan fingerprint density at radius 3 is 2.54 bits per heavy atom. The molecule has 3 aliphatic heterocycles. The van der Waals surface area contributed by atoms with Crippen LogP contribution in [0, 0.1) is 5.92 Å². The minimum atomic E-state index is 0.278. The first-order chi connectivity index (χ1) is 13.9. The normalized spacial score (nSPS) is 26.4. The van der Waals surface area contributed by atoms with Crippen LogP contribution in [0.25, 0.3) is 0 Å². The number of fused-ring (bicyclic) bond motifs is 3. The predicted octanol–water partition coefficient (Wildman–Crippen LogP) is 5.01. The number of aliphatic imine (C=N–C) groups is 1. The summed E-state index contributed by atoms with van der Waals surface area (Å²) in [5.74, 6) is 0.901. The Bertz CT molecular complexity index is 874. The second kappa shape index (κ2) is 7.98. The minimum Gasteiger partial charge on any atom is -0.294 e. The summed E-state index contributed by atoms with van der Waals surface area (Å²) in [6, 6.07) is 19.9. The molecule has 0 radical (unpaired) electrons. The zero-order valence-electron chi connectivity index (χ0n) is 15.9. The van der Waals surface area contributed by atoms with Crippen LogP contribution < -0.4 is 0 Å². The zero-order valence-corrected chi connectivity index (χ0v) is 16.8. The van der Waals surface area contributed by atoms with Crippen molar-refractivity contribution in [3.05, 3.63) is 88.4 Å². The molecule has 2 bridgehead atoms. The van der Waals surface area contributed by atoms with Crippen LogP contribution in [0.2, 0.25) is 0 Å². The number of piperidine rings is 3. The third kappa shape index (κ3) is 3.43. The molecule has 2 atom stereocenters. The fourth-order valence-corrected chi connectivity index (χ4v) is 5.48. The smallest absolute Gasteiger partial charge is 0.0732 e. The van der Waals surface area contributed by atoms with Gasteiger partial charge in [-0.1, -0.05) is 42.5 Å². The van der Waals surface area contributed by atoms with Gasteiger partial charge in [0.15, 0.2) is 0 Å². The van der Waals surface area contributed by atoms with Crippen molar-refractivity contribution in [1.29, 1.82) is 0 Å². The van der Waals surface area contributed by atoms with E-state index in [9.17, 15) is 0 Å². The van der Waals surface area contributed by atoms with E-state index in [-0.39, 0.29) is 5.92 Å². The van der Waals surface area contributed by atoms with E-state index in [1.165, 1.54) is 47.6 Å². The van der Waals surface area contributed by atoms with Crippen LogP contribution in [-0.4, -0.2) is 34.7 Å². The van der Waals surface area contributed by atoms with E-state index in [0.29, 0.717) is 12.0 Å². The Morgan fingerprint density at radius 2 is 1.82 bits per heavy atom. The molecule has 28 heavy (non-hydrogen) atoms. The molecule has 2 aromatic heterocycles. The maximum absolute atomic E-state index is 5.23. The minimum absolute atomic E-state index is 0.278. The Balaban J connectivity index is 1.58. The molecule has 3 fully saturated rings. The lowest BCUT2D eigenvalue weighted by Gasteiger charge is -2.49. The summed E-state index contributed by atoms with van der Waals surface area (Å²) in [6.07, 6.45) is 6.39. The van der Waals surface area contributed by atoms with E-state index in [1.54, 1.807) is 11.3 Å². The molecular weight excluding hydrogens is 362 g/mol. The summed E-state index contributed by atoms with van der Waals surface area (Å²) in [5, 5.41) is 2.14. The highest BCUT2D eigenvalue weighted by molar-refractivity contribution is 7.09.